The van der Waals surface area contributed by atoms with Crippen LogP contribution in [0.25, 0.3) is 0 Å². The summed E-state index contributed by atoms with van der Waals surface area (Å²) < 4.78 is 6.15. The van der Waals surface area contributed by atoms with Crippen molar-refractivity contribution < 1.29 is 9.57 Å². The monoisotopic (exact) mass is 358 g/mol. The number of hydrogen-bond donors (Lipinski definition) is 1. The van der Waals surface area contributed by atoms with Crippen molar-refractivity contribution >= 4 is 17.0 Å². The van der Waals surface area contributed by atoms with Gasteiger partial charge >= 0.3 is 4.87 Å². The lowest BCUT2D eigenvalue weighted by molar-refractivity contribution is 0.0820. The smallest absolute Gasteiger partial charge is 0.304 e. The zero-order valence-electron chi connectivity index (χ0n) is 14.1. The van der Waals surface area contributed by atoms with E-state index in [1.807, 2.05) is 24.3 Å². The van der Waals surface area contributed by atoms with E-state index in [1.165, 1.54) is 32.1 Å². The van der Waals surface area contributed by atoms with Crippen LogP contribution in [0.5, 0.6) is 5.75 Å². The van der Waals surface area contributed by atoms with Gasteiger partial charge in [-0.05, 0) is 24.8 Å². The quantitative estimate of drug-likeness (QED) is 0.868. The number of oxime groups is 1. The second kappa shape index (κ2) is 7.44. The van der Waals surface area contributed by atoms with Crippen LogP contribution in [-0.2, 0) is 4.84 Å². The van der Waals surface area contributed by atoms with Gasteiger partial charge in [0.1, 0.15) is 11.5 Å². The molecule has 1 aromatic carbocycles. The minimum atomic E-state index is -0.166. The Morgan fingerprint density at radius 3 is 2.88 bits per heavy atom. The number of nitrogens with zero attached hydrogens (tertiary/aromatic N) is 1. The molecule has 1 fully saturated rings. The molecule has 1 aromatic heterocycles. The number of benzene rings is 1. The van der Waals surface area contributed by atoms with Crippen LogP contribution < -0.4 is 9.61 Å². The Bertz CT molecular complexity index is 805. The molecule has 1 N–H and O–H groups in total. The molecule has 2 aromatic rings. The van der Waals surface area contributed by atoms with Gasteiger partial charge in [0.15, 0.2) is 6.10 Å². The van der Waals surface area contributed by atoms with Crippen molar-refractivity contribution in [2.75, 3.05) is 6.61 Å². The van der Waals surface area contributed by atoms with E-state index in [9.17, 15) is 4.79 Å². The lowest BCUT2D eigenvalue weighted by Gasteiger charge is -2.23. The van der Waals surface area contributed by atoms with Gasteiger partial charge < -0.3 is 14.6 Å². The molecule has 6 heteroatoms. The molecule has 1 aliphatic heterocycles. The van der Waals surface area contributed by atoms with Crippen molar-refractivity contribution in [1.29, 1.82) is 0 Å². The molecular formula is C19H22N2O3S. The summed E-state index contributed by atoms with van der Waals surface area (Å²) in [5, 5.41) is 5.96. The highest BCUT2D eigenvalue weighted by Gasteiger charge is 2.27. The normalized spacial score (nSPS) is 21.0. The predicted molar refractivity (Wildman–Crippen MR) is 98.4 cm³/mol. The number of nitrogens with one attached hydrogen (secondary N) is 1. The fourth-order valence-electron chi connectivity index (χ4n) is 3.56. The number of aromatic amines is 1. The minimum absolute atomic E-state index is 0.0719. The van der Waals surface area contributed by atoms with E-state index in [2.05, 4.69) is 10.1 Å². The Morgan fingerprint density at radius 2 is 2.08 bits per heavy atom. The van der Waals surface area contributed by atoms with Gasteiger partial charge in [-0.15, -0.1) is 0 Å². The zero-order chi connectivity index (χ0) is 17.1. The topological polar surface area (TPSA) is 63.7 Å². The van der Waals surface area contributed by atoms with Crippen LogP contribution in [0.1, 0.15) is 55.9 Å². The predicted octanol–water partition coefficient (Wildman–Crippen LogP) is 4.26. The van der Waals surface area contributed by atoms with Crippen molar-refractivity contribution in [2.24, 2.45) is 11.1 Å². The first-order valence-electron chi connectivity index (χ1n) is 8.92. The van der Waals surface area contributed by atoms with E-state index in [0.717, 1.165) is 40.7 Å². The van der Waals surface area contributed by atoms with E-state index < -0.39 is 0 Å². The summed E-state index contributed by atoms with van der Waals surface area (Å²) >= 11 is 1.14. The Morgan fingerprint density at radius 1 is 1.24 bits per heavy atom. The van der Waals surface area contributed by atoms with E-state index in [1.54, 1.807) is 5.38 Å². The first-order valence-corrected chi connectivity index (χ1v) is 9.80. The van der Waals surface area contributed by atoms with Gasteiger partial charge in [0.2, 0.25) is 0 Å². The molecule has 132 valence electrons. The first kappa shape index (κ1) is 16.4. The third-order valence-corrected chi connectivity index (χ3v) is 5.64. The number of aromatic nitrogens is 1. The highest BCUT2D eigenvalue weighted by Crippen LogP contribution is 2.35. The highest BCUT2D eigenvalue weighted by atomic mass is 32.1. The second-order valence-corrected chi connectivity index (χ2v) is 7.59. The van der Waals surface area contributed by atoms with Crippen LogP contribution in [0, 0.1) is 5.92 Å². The van der Waals surface area contributed by atoms with E-state index in [0.29, 0.717) is 12.3 Å². The fourth-order valence-corrected chi connectivity index (χ4v) is 4.15. The molecule has 25 heavy (non-hydrogen) atoms. The average molecular weight is 358 g/mol. The van der Waals surface area contributed by atoms with Crippen molar-refractivity contribution in [1.82, 2.24) is 4.98 Å². The second-order valence-electron chi connectivity index (χ2n) is 6.75. The molecule has 2 heterocycles. The summed E-state index contributed by atoms with van der Waals surface area (Å²) in [6.07, 6.45) is 6.99. The SMILES string of the molecule is O=c1[nH]c(C2=NOC(c3ccccc3OCC3CCCCC3)C2)cs1. The summed E-state index contributed by atoms with van der Waals surface area (Å²) in [6.45, 7) is 0.773. The number of hydrogen-bond acceptors (Lipinski definition) is 5. The summed E-state index contributed by atoms with van der Waals surface area (Å²) in [6, 6.07) is 8.03. The number of ether oxygens (including phenoxy) is 1. The lowest BCUT2D eigenvalue weighted by Crippen LogP contribution is -2.16. The van der Waals surface area contributed by atoms with E-state index in [-0.39, 0.29) is 11.0 Å². The molecule has 4 rings (SSSR count). The number of H-pyrrole nitrogens is 1. The van der Waals surface area contributed by atoms with Gasteiger partial charge in [-0.1, -0.05) is 54.0 Å². The molecule has 0 amide bonds. The summed E-state index contributed by atoms with van der Waals surface area (Å²) in [5.74, 6) is 1.54. The van der Waals surface area contributed by atoms with Gasteiger partial charge in [-0.25, -0.2) is 0 Å². The molecule has 0 spiro atoms. The van der Waals surface area contributed by atoms with Crippen LogP contribution in [0.3, 0.4) is 0 Å². The third kappa shape index (κ3) is 3.79. The van der Waals surface area contributed by atoms with Crippen LogP contribution in [0.4, 0.5) is 0 Å². The molecule has 5 nitrogen and oxygen atoms in total. The van der Waals surface area contributed by atoms with Crippen LogP contribution >= 0.6 is 11.3 Å². The number of para-hydroxylation sites is 1. The van der Waals surface area contributed by atoms with Gasteiger partial charge in [-0.3, -0.25) is 4.79 Å². The molecule has 1 saturated carbocycles. The standard InChI is InChI=1S/C19H22N2O3S/c22-19-20-16(12-25-19)15-10-18(24-21-15)14-8-4-5-9-17(14)23-11-13-6-2-1-3-7-13/h4-5,8-9,12-13,18H,1-3,6-7,10-11H2,(H,20,22). The Labute approximate surface area is 150 Å². The molecule has 1 atom stereocenters. The van der Waals surface area contributed by atoms with Crippen molar-refractivity contribution in [2.45, 2.75) is 44.6 Å². The van der Waals surface area contributed by atoms with Crippen molar-refractivity contribution in [3.8, 4) is 5.75 Å². The van der Waals surface area contributed by atoms with Crippen LogP contribution in [0.2, 0.25) is 0 Å². The fraction of sp³-hybridized carbons (Fsp3) is 0.474. The van der Waals surface area contributed by atoms with Gasteiger partial charge in [-0.2, -0.15) is 0 Å². The molecular weight excluding hydrogens is 336 g/mol. The molecule has 1 aliphatic carbocycles. The summed E-state index contributed by atoms with van der Waals surface area (Å²) in [5.41, 5.74) is 2.55. The van der Waals surface area contributed by atoms with Crippen LogP contribution in [-0.4, -0.2) is 17.3 Å². The van der Waals surface area contributed by atoms with Crippen LogP contribution in [0.15, 0.2) is 39.6 Å². The number of thiazole rings is 1. The highest BCUT2D eigenvalue weighted by molar-refractivity contribution is 7.07. The lowest BCUT2D eigenvalue weighted by atomic mass is 9.90. The molecule has 0 bridgehead atoms. The summed E-state index contributed by atoms with van der Waals surface area (Å²) in [4.78, 5) is 19.7. The minimum Gasteiger partial charge on any atom is -0.493 e. The maximum absolute atomic E-state index is 11.3. The maximum atomic E-state index is 11.3. The molecule has 0 saturated heterocycles. The largest absolute Gasteiger partial charge is 0.493 e. The van der Waals surface area contributed by atoms with Crippen molar-refractivity contribution in [3.63, 3.8) is 0 Å². The Hall–Kier alpha value is -2.08. The Balaban J connectivity index is 1.43. The molecule has 0 radical (unpaired) electrons. The van der Waals surface area contributed by atoms with E-state index in [4.69, 9.17) is 9.57 Å². The summed E-state index contributed by atoms with van der Waals surface area (Å²) in [7, 11) is 0. The van der Waals surface area contributed by atoms with Gasteiger partial charge in [0, 0.05) is 17.4 Å². The van der Waals surface area contributed by atoms with Gasteiger partial charge in [0.25, 0.3) is 0 Å². The van der Waals surface area contributed by atoms with E-state index >= 15 is 0 Å². The first-order chi connectivity index (χ1) is 12.3. The Kier molecular flexibility index (Phi) is 4.88. The average Bonchev–Trinajstić information content (AvgIpc) is 3.30. The zero-order valence-corrected chi connectivity index (χ0v) is 14.9. The molecule has 1 unspecified atom stereocenters. The van der Waals surface area contributed by atoms with Gasteiger partial charge in [0.05, 0.1) is 12.3 Å². The number of rotatable bonds is 5. The van der Waals surface area contributed by atoms with Crippen molar-refractivity contribution in [3.05, 3.63) is 50.6 Å². The molecule has 2 aliphatic rings. The third-order valence-electron chi connectivity index (χ3n) is 4.97. The maximum Gasteiger partial charge on any atom is 0.304 e.